The summed E-state index contributed by atoms with van der Waals surface area (Å²) in [5.74, 6) is -0.955. The molecule has 1 spiro atoms. The molecule has 2 heterocycles. The van der Waals surface area contributed by atoms with E-state index in [2.05, 4.69) is 4.57 Å². The summed E-state index contributed by atoms with van der Waals surface area (Å²) in [5.41, 5.74) is 2.47. The Morgan fingerprint density at radius 1 is 1.24 bits per heavy atom. The van der Waals surface area contributed by atoms with Crippen molar-refractivity contribution < 1.29 is 24.1 Å². The predicted molar refractivity (Wildman–Crippen MR) is 106 cm³/mol. The summed E-state index contributed by atoms with van der Waals surface area (Å²) in [6, 6.07) is 10.3. The van der Waals surface area contributed by atoms with E-state index in [9.17, 15) is 19.4 Å². The Kier molecular flexibility index (Phi) is 3.65. The Bertz CT molecular complexity index is 1170. The first-order valence-corrected chi connectivity index (χ1v) is 9.75. The van der Waals surface area contributed by atoms with Crippen molar-refractivity contribution >= 4 is 16.9 Å². The van der Waals surface area contributed by atoms with Crippen LogP contribution in [-0.4, -0.2) is 27.4 Å². The minimum absolute atomic E-state index is 0.144. The summed E-state index contributed by atoms with van der Waals surface area (Å²) in [5, 5.41) is 21.0. The maximum atomic E-state index is 13.9. The highest BCUT2D eigenvalue weighted by atomic mass is 19.1. The minimum Gasteiger partial charge on any atom is -0.507 e. The van der Waals surface area contributed by atoms with E-state index < -0.39 is 17.0 Å². The highest BCUT2D eigenvalue weighted by molar-refractivity contribution is 5.94. The van der Waals surface area contributed by atoms with Crippen molar-refractivity contribution in [3.63, 3.8) is 0 Å². The molecule has 2 N–H and O–H groups in total. The van der Waals surface area contributed by atoms with Crippen LogP contribution < -0.4 is 0 Å². The van der Waals surface area contributed by atoms with Gasteiger partial charge in [0.05, 0.1) is 23.1 Å². The van der Waals surface area contributed by atoms with E-state index in [4.69, 9.17) is 4.74 Å². The Hall–Kier alpha value is -2.86. The zero-order chi connectivity index (χ0) is 20.6. The van der Waals surface area contributed by atoms with E-state index in [-0.39, 0.29) is 11.6 Å². The molecule has 29 heavy (non-hydrogen) atoms. The van der Waals surface area contributed by atoms with Gasteiger partial charge in [0.2, 0.25) is 0 Å². The van der Waals surface area contributed by atoms with Gasteiger partial charge in [0.15, 0.2) is 0 Å². The van der Waals surface area contributed by atoms with Gasteiger partial charge in [0.25, 0.3) is 0 Å². The zero-order valence-corrected chi connectivity index (χ0v) is 16.3. The lowest BCUT2D eigenvalue weighted by Gasteiger charge is -2.53. The number of halogens is 1. The number of aryl methyl sites for hydroxylation is 1. The topological polar surface area (TPSA) is 71.7 Å². The first kappa shape index (κ1) is 18.2. The number of carbonyl (C=O) groups is 1. The van der Waals surface area contributed by atoms with Crippen molar-refractivity contribution in [2.45, 2.75) is 38.7 Å². The number of fused-ring (bicyclic) bond motifs is 4. The lowest BCUT2D eigenvalue weighted by atomic mass is 9.56. The number of aliphatic carboxylic acids is 1. The van der Waals surface area contributed by atoms with Crippen LogP contribution in [0.25, 0.3) is 16.6 Å². The molecule has 150 valence electrons. The Labute approximate surface area is 167 Å². The highest BCUT2D eigenvalue weighted by Crippen LogP contribution is 2.61. The molecule has 2 aliphatic rings. The Morgan fingerprint density at radius 2 is 2.00 bits per heavy atom. The van der Waals surface area contributed by atoms with E-state index in [0.29, 0.717) is 36.8 Å². The standard InChI is InChI=1S/C23H22FNO4/c1-13-10-14(6-7-15(13)24)25-16-4-3-5-18(26)19(16)20-17(25)8-9-29-23(20)11-22(2,12-23)21(27)28/h3-7,10,26H,8-9,11-12H2,1-2H3,(H,27,28)/t22-,23-. The van der Waals surface area contributed by atoms with E-state index in [0.717, 1.165) is 22.5 Å². The minimum atomic E-state index is -0.847. The number of phenols is 1. The molecule has 0 atom stereocenters. The smallest absolute Gasteiger partial charge is 0.309 e. The molecule has 1 aromatic heterocycles. The van der Waals surface area contributed by atoms with Crippen LogP contribution in [0.2, 0.25) is 0 Å². The third-order valence-electron chi connectivity index (χ3n) is 6.51. The summed E-state index contributed by atoms with van der Waals surface area (Å²) in [6.07, 6.45) is 1.35. The third-order valence-corrected chi connectivity index (χ3v) is 6.51. The van der Waals surface area contributed by atoms with E-state index in [1.165, 1.54) is 6.07 Å². The van der Waals surface area contributed by atoms with Crippen LogP contribution in [0.15, 0.2) is 36.4 Å². The molecular weight excluding hydrogens is 373 g/mol. The summed E-state index contributed by atoms with van der Waals surface area (Å²) in [7, 11) is 0. The normalized spacial score (nSPS) is 25.8. The lowest BCUT2D eigenvalue weighted by molar-refractivity contribution is -0.198. The monoisotopic (exact) mass is 395 g/mol. The number of nitrogens with zero attached hydrogens (tertiary/aromatic N) is 1. The predicted octanol–water partition coefficient (Wildman–Crippen LogP) is 4.44. The largest absolute Gasteiger partial charge is 0.507 e. The first-order valence-electron chi connectivity index (χ1n) is 9.75. The molecule has 0 radical (unpaired) electrons. The number of hydrogen-bond donors (Lipinski definition) is 2. The second-order valence-corrected chi connectivity index (χ2v) is 8.57. The van der Waals surface area contributed by atoms with Gasteiger partial charge in [-0.2, -0.15) is 0 Å². The second kappa shape index (κ2) is 5.83. The van der Waals surface area contributed by atoms with Crippen LogP contribution >= 0.6 is 0 Å². The fraction of sp³-hybridized carbons (Fsp3) is 0.348. The van der Waals surface area contributed by atoms with E-state index in [1.54, 1.807) is 38.1 Å². The zero-order valence-electron chi connectivity index (χ0n) is 16.3. The first-order chi connectivity index (χ1) is 13.8. The fourth-order valence-electron chi connectivity index (χ4n) is 5.22. The molecule has 0 bridgehead atoms. The van der Waals surface area contributed by atoms with Crippen molar-refractivity contribution in [2.24, 2.45) is 5.41 Å². The SMILES string of the molecule is Cc1cc(-n2c3c(c4c(O)cccc42)[C@]2(C[C@@](C)(C(=O)O)C2)OCC3)ccc1F. The van der Waals surface area contributed by atoms with Gasteiger partial charge in [0.1, 0.15) is 11.6 Å². The Morgan fingerprint density at radius 3 is 2.69 bits per heavy atom. The summed E-state index contributed by atoms with van der Waals surface area (Å²) < 4.78 is 22.1. The van der Waals surface area contributed by atoms with Gasteiger partial charge in [-0.05, 0) is 62.6 Å². The maximum absolute atomic E-state index is 13.9. The molecule has 5 rings (SSSR count). The Balaban J connectivity index is 1.79. The maximum Gasteiger partial charge on any atom is 0.309 e. The number of benzene rings is 2. The van der Waals surface area contributed by atoms with E-state index in [1.807, 2.05) is 6.07 Å². The van der Waals surface area contributed by atoms with Crippen molar-refractivity contribution in [2.75, 3.05) is 6.61 Å². The number of phenolic OH excluding ortho intramolecular Hbond substituents is 1. The summed E-state index contributed by atoms with van der Waals surface area (Å²) >= 11 is 0. The molecule has 1 aliphatic heterocycles. The lowest BCUT2D eigenvalue weighted by Crippen LogP contribution is -2.55. The molecule has 3 aromatic rings. The van der Waals surface area contributed by atoms with Crippen molar-refractivity contribution in [3.05, 3.63) is 59.0 Å². The molecule has 6 heteroatoms. The number of aromatic hydroxyl groups is 1. The van der Waals surface area contributed by atoms with Crippen LogP contribution in [0.1, 0.15) is 36.6 Å². The van der Waals surface area contributed by atoms with Crippen LogP contribution in [0.4, 0.5) is 4.39 Å². The van der Waals surface area contributed by atoms with E-state index >= 15 is 0 Å². The van der Waals surface area contributed by atoms with Gasteiger partial charge in [-0.25, -0.2) is 4.39 Å². The molecule has 0 amide bonds. The van der Waals surface area contributed by atoms with Gasteiger partial charge in [-0.1, -0.05) is 6.07 Å². The van der Waals surface area contributed by atoms with Crippen molar-refractivity contribution in [3.8, 4) is 11.4 Å². The van der Waals surface area contributed by atoms with Gasteiger partial charge in [0, 0.05) is 28.8 Å². The molecule has 1 saturated carbocycles. The summed E-state index contributed by atoms with van der Waals surface area (Å²) in [6.45, 7) is 3.93. The molecule has 1 aliphatic carbocycles. The highest BCUT2D eigenvalue weighted by Gasteiger charge is 2.60. The number of aromatic nitrogens is 1. The molecule has 0 saturated heterocycles. The van der Waals surface area contributed by atoms with Crippen LogP contribution in [0.5, 0.6) is 5.75 Å². The number of hydrogen-bond acceptors (Lipinski definition) is 3. The number of ether oxygens (including phenoxy) is 1. The van der Waals surface area contributed by atoms with Gasteiger partial charge in [-0.3, -0.25) is 4.79 Å². The average Bonchev–Trinajstić information content (AvgIpc) is 2.99. The van der Waals surface area contributed by atoms with Crippen LogP contribution in [0.3, 0.4) is 0 Å². The van der Waals surface area contributed by atoms with Crippen LogP contribution in [0, 0.1) is 18.2 Å². The van der Waals surface area contributed by atoms with Crippen LogP contribution in [-0.2, 0) is 21.6 Å². The van der Waals surface area contributed by atoms with Crippen molar-refractivity contribution in [1.82, 2.24) is 4.57 Å². The molecule has 1 fully saturated rings. The molecular formula is C23H22FNO4. The van der Waals surface area contributed by atoms with Crippen molar-refractivity contribution in [1.29, 1.82) is 0 Å². The van der Waals surface area contributed by atoms with Gasteiger partial charge in [-0.15, -0.1) is 0 Å². The van der Waals surface area contributed by atoms with Gasteiger partial charge >= 0.3 is 5.97 Å². The molecule has 5 nitrogen and oxygen atoms in total. The average molecular weight is 395 g/mol. The van der Waals surface area contributed by atoms with Gasteiger partial charge < -0.3 is 19.5 Å². The number of rotatable bonds is 2. The molecule has 2 aromatic carbocycles. The fourth-order valence-corrected chi connectivity index (χ4v) is 5.22. The summed E-state index contributed by atoms with van der Waals surface area (Å²) in [4.78, 5) is 11.7. The number of carboxylic acid groups (broad SMARTS) is 1. The number of carboxylic acids is 1. The molecule has 0 unspecified atom stereocenters. The second-order valence-electron chi connectivity index (χ2n) is 8.57. The quantitative estimate of drug-likeness (QED) is 0.673. The third kappa shape index (κ3) is 2.38.